The highest BCUT2D eigenvalue weighted by Crippen LogP contribution is 2.50. The van der Waals surface area contributed by atoms with E-state index in [1.165, 1.54) is 55.9 Å². The molecule has 0 aromatic rings. The molecule has 1 atom stereocenters. The summed E-state index contributed by atoms with van der Waals surface area (Å²) < 4.78 is 0. The second-order valence-corrected chi connectivity index (χ2v) is 20.4. The first-order chi connectivity index (χ1) is 10.8. The maximum atomic E-state index is 2.72. The van der Waals surface area contributed by atoms with Crippen LogP contribution in [0.1, 0.15) is 73.6 Å². The summed E-state index contributed by atoms with van der Waals surface area (Å²) in [5.41, 5.74) is 0.668. The molecule has 23 heavy (non-hydrogen) atoms. The molecule has 0 saturated heterocycles. The van der Waals surface area contributed by atoms with E-state index in [4.69, 9.17) is 0 Å². The summed E-state index contributed by atoms with van der Waals surface area (Å²) in [6.45, 7) is 17.8. The molecule has 1 fully saturated rings. The van der Waals surface area contributed by atoms with Crippen molar-refractivity contribution in [1.82, 2.24) is 0 Å². The van der Waals surface area contributed by atoms with Crippen molar-refractivity contribution in [1.29, 1.82) is 0 Å². The third-order valence-corrected chi connectivity index (χ3v) is 19.2. The van der Waals surface area contributed by atoms with Gasteiger partial charge in [0.2, 0.25) is 0 Å². The van der Waals surface area contributed by atoms with Gasteiger partial charge in [0.25, 0.3) is 0 Å². The molecule has 0 N–H and O–H groups in total. The molecule has 1 saturated carbocycles. The zero-order valence-electron chi connectivity index (χ0n) is 17.6. The molecule has 0 bridgehead atoms. The van der Waals surface area contributed by atoms with Gasteiger partial charge >= 0.3 is 0 Å². The van der Waals surface area contributed by atoms with Crippen LogP contribution in [0.2, 0.25) is 48.9 Å². The second kappa shape index (κ2) is 9.22. The van der Waals surface area contributed by atoms with Crippen molar-refractivity contribution in [2.45, 2.75) is 123 Å². The van der Waals surface area contributed by atoms with E-state index in [2.05, 4.69) is 48.1 Å². The fourth-order valence-electron chi connectivity index (χ4n) is 5.37. The fourth-order valence-corrected chi connectivity index (χ4v) is 12.4. The van der Waals surface area contributed by atoms with Crippen LogP contribution in [0.5, 0.6) is 0 Å². The first kappa shape index (κ1) is 21.5. The zero-order valence-corrected chi connectivity index (χ0v) is 19.6. The molecule has 1 unspecified atom stereocenters. The van der Waals surface area contributed by atoms with Gasteiger partial charge in [-0.3, -0.25) is 0 Å². The predicted octanol–water partition coefficient (Wildman–Crippen LogP) is 8.20. The Bertz CT molecular complexity index is 316. The van der Waals surface area contributed by atoms with Gasteiger partial charge in [0.1, 0.15) is 0 Å². The molecule has 0 amide bonds. The Morgan fingerprint density at radius 3 is 1.70 bits per heavy atom. The van der Waals surface area contributed by atoms with Crippen molar-refractivity contribution in [3.05, 3.63) is 0 Å². The second-order valence-electron chi connectivity index (χ2n) is 9.39. The summed E-state index contributed by atoms with van der Waals surface area (Å²) in [4.78, 5) is 0. The van der Waals surface area contributed by atoms with Crippen molar-refractivity contribution >= 4 is 16.1 Å². The molecule has 1 aliphatic rings. The Morgan fingerprint density at radius 2 is 1.30 bits per heavy atom. The van der Waals surface area contributed by atoms with Gasteiger partial charge in [-0.15, -0.1) is 0 Å². The normalized spacial score (nSPS) is 20.0. The monoisotopic (exact) mass is 354 g/mol. The standard InChI is InChI=1S/C21H46Si2/c1-8-22(7,9-2)19-21(6,20-15-13-14-16-20)17-18-23(10-3,11-4)12-5/h20H,8-19H2,1-7H3. The maximum Gasteiger partial charge on any atom is 0.0527 e. The first-order valence-corrected chi connectivity index (χ1v) is 16.8. The molecular formula is C21H46Si2. The van der Waals surface area contributed by atoms with Crippen molar-refractivity contribution in [3.63, 3.8) is 0 Å². The van der Waals surface area contributed by atoms with Crippen LogP contribution in [-0.2, 0) is 0 Å². The van der Waals surface area contributed by atoms with E-state index in [0.717, 1.165) is 5.92 Å². The summed E-state index contributed by atoms with van der Waals surface area (Å²) in [7, 11) is -1.97. The fraction of sp³-hybridized carbons (Fsp3) is 1.00. The molecule has 0 aromatic carbocycles. The van der Waals surface area contributed by atoms with Crippen LogP contribution in [0.25, 0.3) is 0 Å². The average molecular weight is 355 g/mol. The summed E-state index contributed by atoms with van der Waals surface area (Å²) >= 11 is 0. The number of rotatable bonds is 11. The minimum atomic E-state index is -1.01. The van der Waals surface area contributed by atoms with E-state index in [9.17, 15) is 0 Å². The maximum absolute atomic E-state index is 2.72. The lowest BCUT2D eigenvalue weighted by Crippen LogP contribution is -2.41. The van der Waals surface area contributed by atoms with E-state index in [-0.39, 0.29) is 0 Å². The molecule has 1 aliphatic carbocycles. The highest BCUT2D eigenvalue weighted by atomic mass is 28.3. The third kappa shape index (κ3) is 5.46. The number of hydrogen-bond acceptors (Lipinski definition) is 0. The quantitative estimate of drug-likeness (QED) is 0.328. The SMILES string of the molecule is CC[Si](C)(CC)CC(C)(CC[Si](CC)(CC)CC)C1CCCC1. The molecule has 0 radical (unpaired) electrons. The summed E-state index contributed by atoms with van der Waals surface area (Å²) in [6, 6.07) is 10.7. The van der Waals surface area contributed by atoms with E-state index < -0.39 is 16.1 Å². The Kier molecular flexibility index (Phi) is 8.61. The lowest BCUT2D eigenvalue weighted by molar-refractivity contribution is 0.204. The average Bonchev–Trinajstić information content (AvgIpc) is 3.12. The highest BCUT2D eigenvalue weighted by molar-refractivity contribution is 6.80. The van der Waals surface area contributed by atoms with Crippen molar-refractivity contribution in [2.75, 3.05) is 0 Å². The Labute approximate surface area is 150 Å². The van der Waals surface area contributed by atoms with Crippen LogP contribution in [0.15, 0.2) is 0 Å². The molecule has 2 heteroatoms. The van der Waals surface area contributed by atoms with Gasteiger partial charge in [-0.2, -0.15) is 0 Å². The van der Waals surface area contributed by atoms with Gasteiger partial charge < -0.3 is 0 Å². The van der Waals surface area contributed by atoms with Gasteiger partial charge in [0.05, 0.1) is 16.1 Å². The topological polar surface area (TPSA) is 0 Å². The van der Waals surface area contributed by atoms with Crippen LogP contribution in [-0.4, -0.2) is 16.1 Å². The van der Waals surface area contributed by atoms with E-state index in [1.807, 2.05) is 0 Å². The Morgan fingerprint density at radius 1 is 0.826 bits per heavy atom. The summed E-state index contributed by atoms with van der Waals surface area (Å²) in [5, 5.41) is 0. The summed E-state index contributed by atoms with van der Waals surface area (Å²) in [5.74, 6) is 1.05. The lowest BCUT2D eigenvalue weighted by atomic mass is 9.75. The Balaban J connectivity index is 2.91. The van der Waals surface area contributed by atoms with Gasteiger partial charge in [-0.05, 0) is 24.2 Å². The molecule has 0 aromatic heterocycles. The van der Waals surface area contributed by atoms with Gasteiger partial charge in [0, 0.05) is 0 Å². The number of hydrogen-bond donors (Lipinski definition) is 0. The van der Waals surface area contributed by atoms with Crippen LogP contribution in [0.3, 0.4) is 0 Å². The van der Waals surface area contributed by atoms with Crippen molar-refractivity contribution in [3.8, 4) is 0 Å². The van der Waals surface area contributed by atoms with Gasteiger partial charge in [-0.1, -0.05) is 110 Å². The van der Waals surface area contributed by atoms with E-state index >= 15 is 0 Å². The van der Waals surface area contributed by atoms with Crippen LogP contribution >= 0.6 is 0 Å². The van der Waals surface area contributed by atoms with E-state index in [0.29, 0.717) is 5.41 Å². The zero-order chi connectivity index (χ0) is 17.6. The van der Waals surface area contributed by atoms with Crippen molar-refractivity contribution < 1.29 is 0 Å². The minimum Gasteiger partial charge on any atom is -0.0691 e. The third-order valence-electron chi connectivity index (χ3n) is 8.35. The van der Waals surface area contributed by atoms with Crippen LogP contribution in [0.4, 0.5) is 0 Å². The van der Waals surface area contributed by atoms with Crippen molar-refractivity contribution in [2.24, 2.45) is 11.3 Å². The van der Waals surface area contributed by atoms with Crippen LogP contribution in [0, 0.1) is 11.3 Å². The lowest BCUT2D eigenvalue weighted by Gasteiger charge is -2.44. The molecule has 0 spiro atoms. The largest absolute Gasteiger partial charge is 0.0691 e. The van der Waals surface area contributed by atoms with Gasteiger partial charge in [-0.25, -0.2) is 0 Å². The predicted molar refractivity (Wildman–Crippen MR) is 114 cm³/mol. The smallest absolute Gasteiger partial charge is 0.0527 e. The van der Waals surface area contributed by atoms with Gasteiger partial charge in [0.15, 0.2) is 0 Å². The summed E-state index contributed by atoms with van der Waals surface area (Å²) in [6.07, 6.45) is 7.64. The molecular weight excluding hydrogens is 308 g/mol. The first-order valence-electron chi connectivity index (χ1n) is 10.8. The minimum absolute atomic E-state index is 0.668. The molecule has 0 heterocycles. The van der Waals surface area contributed by atoms with Crippen LogP contribution < -0.4 is 0 Å². The molecule has 1 rings (SSSR count). The Hall–Kier alpha value is 0.434. The molecule has 0 aliphatic heterocycles. The molecule has 138 valence electrons. The van der Waals surface area contributed by atoms with E-state index in [1.54, 1.807) is 18.5 Å². The highest BCUT2D eigenvalue weighted by Gasteiger charge is 2.42. The molecule has 0 nitrogen and oxygen atoms in total.